The van der Waals surface area contributed by atoms with Crippen molar-refractivity contribution in [3.8, 4) is 0 Å². The molecule has 1 aliphatic rings. The van der Waals surface area contributed by atoms with Crippen molar-refractivity contribution in [2.24, 2.45) is 5.73 Å². The number of carbonyl (C=O) groups excluding carboxylic acids is 1. The second-order valence-corrected chi connectivity index (χ2v) is 2.43. The van der Waals surface area contributed by atoms with Gasteiger partial charge in [0.2, 0.25) is 6.41 Å². The zero-order valence-electron chi connectivity index (χ0n) is 6.12. The maximum Gasteiger partial charge on any atom is 0.204 e. The minimum absolute atomic E-state index is 0.0359. The molecule has 1 rings (SSSR count). The van der Waals surface area contributed by atoms with Crippen LogP contribution in [0, 0.1) is 0 Å². The van der Waals surface area contributed by atoms with Crippen LogP contribution in [-0.4, -0.2) is 17.6 Å². The van der Waals surface area contributed by atoms with Gasteiger partial charge < -0.3 is 10.8 Å². The molecule has 3 N–H and O–H groups in total. The molecule has 60 valence electrons. The molecule has 1 aliphatic carbocycles. The average Bonchev–Trinajstić information content (AvgIpc) is 1.91. The molecule has 1 saturated carbocycles. The lowest BCUT2D eigenvalue weighted by molar-refractivity contribution is -0.106. The summed E-state index contributed by atoms with van der Waals surface area (Å²) < 4.78 is 0. The first-order valence-corrected chi connectivity index (χ1v) is 3.64. The molecule has 0 aromatic carbocycles. The van der Waals surface area contributed by atoms with E-state index in [1.54, 1.807) is 0 Å². The van der Waals surface area contributed by atoms with Gasteiger partial charge in [0.25, 0.3) is 0 Å². The number of amides is 1. The number of primary amides is 1. The number of hydrogen-bond donors (Lipinski definition) is 2. The van der Waals surface area contributed by atoms with Crippen LogP contribution in [0.2, 0.25) is 0 Å². The highest BCUT2D eigenvalue weighted by Crippen LogP contribution is 2.16. The van der Waals surface area contributed by atoms with Crippen LogP contribution in [0.25, 0.3) is 0 Å². The Morgan fingerprint density at radius 1 is 1.30 bits per heavy atom. The number of carbonyl (C=O) groups is 1. The summed E-state index contributed by atoms with van der Waals surface area (Å²) in [5.74, 6) is 0. The molecule has 1 amide bonds. The van der Waals surface area contributed by atoms with E-state index in [1.807, 2.05) is 0 Å². The Hall–Kier alpha value is -0.570. The highest BCUT2D eigenvalue weighted by atomic mass is 16.3. The van der Waals surface area contributed by atoms with E-state index in [1.165, 1.54) is 19.3 Å². The summed E-state index contributed by atoms with van der Waals surface area (Å²) in [7, 11) is 0. The third kappa shape index (κ3) is 5.56. The van der Waals surface area contributed by atoms with Gasteiger partial charge in [-0.1, -0.05) is 19.3 Å². The molecule has 10 heavy (non-hydrogen) atoms. The summed E-state index contributed by atoms with van der Waals surface area (Å²) in [5, 5.41) is 8.91. The molecule has 0 heterocycles. The van der Waals surface area contributed by atoms with Crippen molar-refractivity contribution in [1.82, 2.24) is 0 Å². The van der Waals surface area contributed by atoms with Crippen LogP contribution in [0.5, 0.6) is 0 Å². The first kappa shape index (κ1) is 9.43. The zero-order chi connectivity index (χ0) is 7.82. The summed E-state index contributed by atoms with van der Waals surface area (Å²) in [4.78, 5) is 8.58. The smallest absolute Gasteiger partial charge is 0.204 e. The van der Waals surface area contributed by atoms with Crippen molar-refractivity contribution < 1.29 is 9.90 Å². The topological polar surface area (TPSA) is 63.3 Å². The molecule has 0 saturated heterocycles. The molecule has 0 aromatic rings. The normalized spacial score (nSPS) is 18.9. The largest absolute Gasteiger partial charge is 0.393 e. The van der Waals surface area contributed by atoms with Gasteiger partial charge in [-0.15, -0.1) is 0 Å². The predicted molar refractivity (Wildman–Crippen MR) is 39.3 cm³/mol. The third-order valence-electron chi connectivity index (χ3n) is 1.57. The fourth-order valence-corrected chi connectivity index (χ4v) is 1.08. The summed E-state index contributed by atoms with van der Waals surface area (Å²) in [6.45, 7) is 0. The van der Waals surface area contributed by atoms with E-state index in [9.17, 15) is 0 Å². The van der Waals surface area contributed by atoms with Gasteiger partial charge in [0.05, 0.1) is 6.10 Å². The predicted octanol–water partition coefficient (Wildman–Crippen LogP) is 0.413. The molecule has 0 atom stereocenters. The third-order valence-corrected chi connectivity index (χ3v) is 1.57. The monoisotopic (exact) mass is 145 g/mol. The molecular formula is C7H15NO2. The first-order chi connectivity index (χ1) is 4.81. The summed E-state index contributed by atoms with van der Waals surface area (Å²) in [6.07, 6.45) is 6.17. The van der Waals surface area contributed by atoms with Gasteiger partial charge in [-0.25, -0.2) is 0 Å². The number of aliphatic hydroxyl groups is 1. The van der Waals surface area contributed by atoms with Crippen molar-refractivity contribution >= 4 is 6.41 Å². The molecular weight excluding hydrogens is 130 g/mol. The standard InChI is InChI=1S/C6H12O.CH3NO/c7-6-4-2-1-3-5-6;2-1-3/h6-7H,1-5H2;1H,(H2,2,3). The fraction of sp³-hybridized carbons (Fsp3) is 0.857. The molecule has 0 bridgehead atoms. The van der Waals surface area contributed by atoms with E-state index >= 15 is 0 Å². The number of rotatable bonds is 0. The van der Waals surface area contributed by atoms with E-state index in [4.69, 9.17) is 9.90 Å². The average molecular weight is 145 g/mol. The SMILES string of the molecule is NC=O.OC1CCCCC1. The lowest BCUT2D eigenvalue weighted by Crippen LogP contribution is -2.09. The van der Waals surface area contributed by atoms with Gasteiger partial charge in [-0.2, -0.15) is 0 Å². The van der Waals surface area contributed by atoms with Crippen molar-refractivity contribution in [2.75, 3.05) is 0 Å². The second-order valence-electron chi connectivity index (χ2n) is 2.43. The maximum absolute atomic E-state index is 8.91. The first-order valence-electron chi connectivity index (χ1n) is 3.64. The molecule has 3 heteroatoms. The molecule has 0 aliphatic heterocycles. The Labute approximate surface area is 61.2 Å². The molecule has 1 fully saturated rings. The lowest BCUT2D eigenvalue weighted by atomic mass is 9.98. The van der Waals surface area contributed by atoms with Gasteiger partial charge in [0.15, 0.2) is 0 Å². The van der Waals surface area contributed by atoms with Gasteiger partial charge in [0, 0.05) is 0 Å². The fourth-order valence-electron chi connectivity index (χ4n) is 1.08. The van der Waals surface area contributed by atoms with Crippen LogP contribution in [0.3, 0.4) is 0 Å². The van der Waals surface area contributed by atoms with Gasteiger partial charge in [-0.3, -0.25) is 4.79 Å². The van der Waals surface area contributed by atoms with E-state index in [2.05, 4.69) is 5.73 Å². The Kier molecular flexibility index (Phi) is 6.18. The van der Waals surface area contributed by atoms with E-state index < -0.39 is 0 Å². The van der Waals surface area contributed by atoms with Crippen LogP contribution >= 0.6 is 0 Å². The van der Waals surface area contributed by atoms with Crippen molar-refractivity contribution in [3.05, 3.63) is 0 Å². The number of nitrogens with two attached hydrogens (primary N) is 1. The second kappa shape index (κ2) is 6.55. The number of aliphatic hydroxyl groups excluding tert-OH is 1. The molecule has 0 unspecified atom stereocenters. The highest BCUT2D eigenvalue weighted by Gasteiger charge is 2.07. The quantitative estimate of drug-likeness (QED) is 0.485. The summed E-state index contributed by atoms with van der Waals surface area (Å²) >= 11 is 0. The minimum Gasteiger partial charge on any atom is -0.393 e. The van der Waals surface area contributed by atoms with Crippen molar-refractivity contribution in [3.63, 3.8) is 0 Å². The summed E-state index contributed by atoms with van der Waals surface area (Å²) in [6, 6.07) is 0. The zero-order valence-corrected chi connectivity index (χ0v) is 6.12. The maximum atomic E-state index is 8.91. The molecule has 3 nitrogen and oxygen atoms in total. The van der Waals surface area contributed by atoms with Gasteiger partial charge >= 0.3 is 0 Å². The Bertz CT molecular complexity index is 79.7. The Balaban J connectivity index is 0.000000236. The molecule has 0 spiro atoms. The highest BCUT2D eigenvalue weighted by molar-refractivity contribution is 5.42. The lowest BCUT2D eigenvalue weighted by Gasteiger charge is -2.14. The van der Waals surface area contributed by atoms with E-state index in [0.717, 1.165) is 12.8 Å². The Morgan fingerprint density at radius 2 is 1.70 bits per heavy atom. The molecule has 0 radical (unpaired) electrons. The van der Waals surface area contributed by atoms with Crippen molar-refractivity contribution in [2.45, 2.75) is 38.2 Å². The van der Waals surface area contributed by atoms with E-state index in [0.29, 0.717) is 0 Å². The summed E-state index contributed by atoms with van der Waals surface area (Å²) in [5.41, 5.74) is 4.17. The Morgan fingerprint density at radius 3 is 1.90 bits per heavy atom. The van der Waals surface area contributed by atoms with Crippen LogP contribution in [-0.2, 0) is 4.79 Å². The van der Waals surface area contributed by atoms with Crippen LogP contribution in [0.15, 0.2) is 0 Å². The van der Waals surface area contributed by atoms with E-state index in [-0.39, 0.29) is 12.5 Å². The van der Waals surface area contributed by atoms with Crippen LogP contribution < -0.4 is 5.73 Å². The van der Waals surface area contributed by atoms with Gasteiger partial charge in [0.1, 0.15) is 0 Å². The minimum atomic E-state index is 0.0359. The van der Waals surface area contributed by atoms with Crippen LogP contribution in [0.1, 0.15) is 32.1 Å². The molecule has 0 aromatic heterocycles. The van der Waals surface area contributed by atoms with Gasteiger partial charge in [-0.05, 0) is 12.8 Å². The van der Waals surface area contributed by atoms with Crippen LogP contribution in [0.4, 0.5) is 0 Å². The number of hydrogen-bond acceptors (Lipinski definition) is 2. The van der Waals surface area contributed by atoms with Crippen molar-refractivity contribution in [1.29, 1.82) is 0 Å².